The molecule has 1 unspecified atom stereocenters. The minimum atomic E-state index is -0.00504. The van der Waals surface area contributed by atoms with Crippen molar-refractivity contribution in [3.63, 3.8) is 0 Å². The monoisotopic (exact) mass is 286 g/mol. The number of anilines is 1. The summed E-state index contributed by atoms with van der Waals surface area (Å²) >= 11 is 0. The van der Waals surface area contributed by atoms with Crippen LogP contribution in [0.25, 0.3) is 0 Å². The molecule has 1 atom stereocenters. The highest BCUT2D eigenvalue weighted by Gasteiger charge is 2.15. The molecule has 0 aliphatic heterocycles. The van der Waals surface area contributed by atoms with Crippen LogP contribution in [0.2, 0.25) is 0 Å². The van der Waals surface area contributed by atoms with Crippen LogP contribution in [0, 0.1) is 0 Å². The van der Waals surface area contributed by atoms with Gasteiger partial charge in [-0.2, -0.15) is 5.10 Å². The number of para-hydroxylation sites is 1. The molecule has 1 heterocycles. The molecule has 0 saturated heterocycles. The first kappa shape index (κ1) is 15.1. The summed E-state index contributed by atoms with van der Waals surface area (Å²) in [5, 5.41) is 7.68. The Morgan fingerprint density at radius 3 is 2.71 bits per heavy atom. The van der Waals surface area contributed by atoms with Crippen molar-refractivity contribution >= 4 is 11.6 Å². The SMILES string of the molecule is CCn1cc(C(C)Nc2ccccc2C(=O)N(C)C)cn1. The third kappa shape index (κ3) is 3.42. The molecule has 0 spiro atoms. The number of nitrogens with zero attached hydrogens (tertiary/aromatic N) is 3. The minimum Gasteiger partial charge on any atom is -0.378 e. The average molecular weight is 286 g/mol. The minimum absolute atomic E-state index is 0.00504. The third-order valence-electron chi connectivity index (χ3n) is 3.41. The standard InChI is InChI=1S/C16H22N4O/c1-5-20-11-13(10-17-20)12(2)18-15-9-7-6-8-14(15)16(21)19(3)4/h6-12,18H,5H2,1-4H3. The Hall–Kier alpha value is -2.30. The maximum absolute atomic E-state index is 12.2. The Balaban J connectivity index is 2.21. The van der Waals surface area contributed by atoms with Gasteiger partial charge in [-0.05, 0) is 26.0 Å². The van der Waals surface area contributed by atoms with E-state index in [9.17, 15) is 4.79 Å². The van der Waals surface area contributed by atoms with E-state index in [1.54, 1.807) is 19.0 Å². The summed E-state index contributed by atoms with van der Waals surface area (Å²) in [7, 11) is 3.52. The number of benzene rings is 1. The second-order valence-electron chi connectivity index (χ2n) is 5.24. The van der Waals surface area contributed by atoms with Gasteiger partial charge in [0.05, 0.1) is 17.8 Å². The fourth-order valence-electron chi connectivity index (χ4n) is 2.13. The largest absolute Gasteiger partial charge is 0.378 e. The molecule has 2 aromatic rings. The molecule has 2 rings (SSSR count). The summed E-state index contributed by atoms with van der Waals surface area (Å²) < 4.78 is 1.89. The maximum atomic E-state index is 12.2. The Labute approximate surface area is 125 Å². The molecule has 5 nitrogen and oxygen atoms in total. The summed E-state index contributed by atoms with van der Waals surface area (Å²) in [6, 6.07) is 7.66. The van der Waals surface area contributed by atoms with Crippen LogP contribution >= 0.6 is 0 Å². The van der Waals surface area contributed by atoms with Crippen molar-refractivity contribution in [1.29, 1.82) is 0 Å². The van der Waals surface area contributed by atoms with E-state index in [0.717, 1.165) is 17.8 Å². The summed E-state index contributed by atoms with van der Waals surface area (Å²) in [6.45, 7) is 4.97. The maximum Gasteiger partial charge on any atom is 0.255 e. The first-order chi connectivity index (χ1) is 10.0. The van der Waals surface area contributed by atoms with E-state index in [1.165, 1.54) is 0 Å². The number of nitrogens with one attached hydrogen (secondary N) is 1. The van der Waals surface area contributed by atoms with Gasteiger partial charge in [-0.25, -0.2) is 0 Å². The van der Waals surface area contributed by atoms with Crippen LogP contribution in [0.15, 0.2) is 36.7 Å². The number of hydrogen-bond acceptors (Lipinski definition) is 3. The summed E-state index contributed by atoms with van der Waals surface area (Å²) in [4.78, 5) is 13.8. The van der Waals surface area contributed by atoms with Gasteiger partial charge in [-0.1, -0.05) is 12.1 Å². The van der Waals surface area contributed by atoms with Crippen LogP contribution in [-0.4, -0.2) is 34.7 Å². The molecule has 1 amide bonds. The molecule has 5 heteroatoms. The van der Waals surface area contributed by atoms with Crippen molar-refractivity contribution < 1.29 is 4.79 Å². The number of aromatic nitrogens is 2. The fourth-order valence-corrected chi connectivity index (χ4v) is 2.13. The zero-order valence-electron chi connectivity index (χ0n) is 13.0. The van der Waals surface area contributed by atoms with Crippen molar-refractivity contribution in [3.8, 4) is 0 Å². The van der Waals surface area contributed by atoms with Gasteiger partial charge in [0.15, 0.2) is 0 Å². The summed E-state index contributed by atoms with van der Waals surface area (Å²) in [5.74, 6) is -0.00504. The molecule has 112 valence electrons. The Kier molecular flexibility index (Phi) is 4.62. The van der Waals surface area contributed by atoms with E-state index in [1.807, 2.05) is 41.3 Å². The molecular weight excluding hydrogens is 264 g/mol. The molecule has 0 aliphatic rings. The zero-order valence-corrected chi connectivity index (χ0v) is 13.0. The van der Waals surface area contributed by atoms with E-state index in [4.69, 9.17) is 0 Å². The van der Waals surface area contributed by atoms with Crippen LogP contribution < -0.4 is 5.32 Å². The van der Waals surface area contributed by atoms with E-state index in [-0.39, 0.29) is 11.9 Å². The fraction of sp³-hybridized carbons (Fsp3) is 0.375. The highest BCUT2D eigenvalue weighted by atomic mass is 16.2. The number of rotatable bonds is 5. The Morgan fingerprint density at radius 2 is 2.10 bits per heavy atom. The van der Waals surface area contributed by atoms with Crippen molar-refractivity contribution in [3.05, 3.63) is 47.8 Å². The molecule has 0 radical (unpaired) electrons. The lowest BCUT2D eigenvalue weighted by molar-refractivity contribution is 0.0828. The molecule has 0 saturated carbocycles. The van der Waals surface area contributed by atoms with Crippen LogP contribution in [0.5, 0.6) is 0 Å². The zero-order chi connectivity index (χ0) is 15.4. The molecule has 1 aromatic heterocycles. The average Bonchev–Trinajstić information content (AvgIpc) is 2.96. The Morgan fingerprint density at radius 1 is 1.38 bits per heavy atom. The number of carbonyl (C=O) groups is 1. The molecule has 0 bridgehead atoms. The lowest BCUT2D eigenvalue weighted by Crippen LogP contribution is -2.23. The molecule has 0 aliphatic carbocycles. The second-order valence-corrected chi connectivity index (χ2v) is 5.24. The predicted molar refractivity (Wildman–Crippen MR) is 84.4 cm³/mol. The van der Waals surface area contributed by atoms with E-state index in [2.05, 4.69) is 24.3 Å². The van der Waals surface area contributed by atoms with Crippen LogP contribution in [-0.2, 0) is 6.54 Å². The Bertz CT molecular complexity index is 618. The number of aryl methyl sites for hydroxylation is 1. The van der Waals surface area contributed by atoms with Crippen LogP contribution in [0.4, 0.5) is 5.69 Å². The van der Waals surface area contributed by atoms with E-state index >= 15 is 0 Å². The summed E-state index contributed by atoms with van der Waals surface area (Å²) in [5.41, 5.74) is 2.62. The molecule has 21 heavy (non-hydrogen) atoms. The lowest BCUT2D eigenvalue weighted by Gasteiger charge is -2.18. The first-order valence-corrected chi connectivity index (χ1v) is 7.12. The molecule has 1 aromatic carbocycles. The van der Waals surface area contributed by atoms with Gasteiger partial charge in [0.25, 0.3) is 5.91 Å². The smallest absolute Gasteiger partial charge is 0.255 e. The normalized spacial score (nSPS) is 12.0. The van der Waals surface area contributed by atoms with Crippen molar-refractivity contribution in [1.82, 2.24) is 14.7 Å². The highest BCUT2D eigenvalue weighted by Crippen LogP contribution is 2.23. The topological polar surface area (TPSA) is 50.2 Å². The molecular formula is C16H22N4O. The second kappa shape index (κ2) is 6.43. The van der Waals surface area contributed by atoms with Crippen molar-refractivity contribution in [2.45, 2.75) is 26.4 Å². The van der Waals surface area contributed by atoms with E-state index < -0.39 is 0 Å². The van der Waals surface area contributed by atoms with Gasteiger partial charge in [-0.3, -0.25) is 9.48 Å². The number of carbonyl (C=O) groups excluding carboxylic acids is 1. The van der Waals surface area contributed by atoms with Gasteiger partial charge in [-0.15, -0.1) is 0 Å². The van der Waals surface area contributed by atoms with Gasteiger partial charge < -0.3 is 10.2 Å². The van der Waals surface area contributed by atoms with Gasteiger partial charge in [0, 0.05) is 38.1 Å². The first-order valence-electron chi connectivity index (χ1n) is 7.12. The predicted octanol–water partition coefficient (Wildman–Crippen LogP) is 2.78. The van der Waals surface area contributed by atoms with Gasteiger partial charge in [0.2, 0.25) is 0 Å². The van der Waals surface area contributed by atoms with E-state index in [0.29, 0.717) is 5.56 Å². The molecule has 0 fully saturated rings. The number of amides is 1. The number of hydrogen-bond donors (Lipinski definition) is 1. The van der Waals surface area contributed by atoms with Crippen molar-refractivity contribution in [2.24, 2.45) is 0 Å². The third-order valence-corrected chi connectivity index (χ3v) is 3.41. The lowest BCUT2D eigenvalue weighted by atomic mass is 10.1. The quantitative estimate of drug-likeness (QED) is 0.919. The molecule has 1 N–H and O–H groups in total. The van der Waals surface area contributed by atoms with Crippen LogP contribution in [0.3, 0.4) is 0 Å². The summed E-state index contributed by atoms with van der Waals surface area (Å²) in [6.07, 6.45) is 3.88. The van der Waals surface area contributed by atoms with Gasteiger partial charge in [0.1, 0.15) is 0 Å². The van der Waals surface area contributed by atoms with Crippen molar-refractivity contribution in [2.75, 3.05) is 19.4 Å². The highest BCUT2D eigenvalue weighted by molar-refractivity contribution is 5.99. The van der Waals surface area contributed by atoms with Crippen LogP contribution in [0.1, 0.15) is 35.8 Å². The van der Waals surface area contributed by atoms with Gasteiger partial charge >= 0.3 is 0 Å².